The fourth-order valence-electron chi connectivity index (χ4n) is 1.77. The van der Waals surface area contributed by atoms with Crippen molar-refractivity contribution in [1.82, 2.24) is 4.57 Å². The van der Waals surface area contributed by atoms with Gasteiger partial charge in [-0.3, -0.25) is 9.59 Å². The quantitative estimate of drug-likeness (QED) is 0.762. The zero-order valence-electron chi connectivity index (χ0n) is 9.88. The van der Waals surface area contributed by atoms with Gasteiger partial charge in [-0.25, -0.2) is 0 Å². The number of hydrogen-bond acceptors (Lipinski definition) is 3. The summed E-state index contributed by atoms with van der Waals surface area (Å²) >= 11 is 0. The average Bonchev–Trinajstić information content (AvgIpc) is 2.33. The second-order valence-electron chi connectivity index (χ2n) is 4.01. The maximum Gasteiger partial charge on any atom is 0.263 e. The van der Waals surface area contributed by atoms with Gasteiger partial charge in [0.1, 0.15) is 5.56 Å². The predicted octanol–water partition coefficient (Wildman–Crippen LogP) is 0.733. The van der Waals surface area contributed by atoms with E-state index in [1.807, 2.05) is 0 Å². The van der Waals surface area contributed by atoms with Crippen LogP contribution >= 0.6 is 0 Å². The number of hydrogen-bond donors (Lipinski definition) is 2. The number of anilines is 1. The van der Waals surface area contributed by atoms with Gasteiger partial charge in [0, 0.05) is 24.5 Å². The van der Waals surface area contributed by atoms with E-state index in [9.17, 15) is 9.59 Å². The lowest BCUT2D eigenvalue weighted by Gasteiger charge is -2.08. The third-order valence-electron chi connectivity index (χ3n) is 2.74. The highest BCUT2D eigenvalue weighted by molar-refractivity contribution is 5.99. The molecule has 0 saturated carbocycles. The lowest BCUT2D eigenvalue weighted by molar-refractivity contribution is 0.0999. The number of nitrogen functional groups attached to an aromatic ring is 1. The third kappa shape index (κ3) is 1.98. The Bertz CT molecular complexity index is 657. The molecule has 0 fully saturated rings. The van der Waals surface area contributed by atoms with Gasteiger partial charge in [-0.15, -0.1) is 0 Å². The second-order valence-corrected chi connectivity index (χ2v) is 4.01. The summed E-state index contributed by atoms with van der Waals surface area (Å²) in [6.07, 6.45) is 1.60. The van der Waals surface area contributed by atoms with Gasteiger partial charge >= 0.3 is 0 Å². The van der Waals surface area contributed by atoms with E-state index in [-0.39, 0.29) is 5.56 Å². The maximum absolute atomic E-state index is 11.9. The summed E-state index contributed by atoms with van der Waals surface area (Å²) < 4.78 is 1.32. The summed E-state index contributed by atoms with van der Waals surface area (Å²) in [7, 11) is 1.57. The van der Waals surface area contributed by atoms with E-state index < -0.39 is 11.5 Å². The smallest absolute Gasteiger partial charge is 0.263 e. The van der Waals surface area contributed by atoms with E-state index in [0.717, 1.165) is 5.56 Å². The Balaban J connectivity index is 2.72. The summed E-state index contributed by atoms with van der Waals surface area (Å²) in [5, 5.41) is 0. The highest BCUT2D eigenvalue weighted by Gasteiger charge is 2.15. The molecule has 4 N–H and O–H groups in total. The minimum Gasteiger partial charge on any atom is -0.399 e. The Morgan fingerprint density at radius 2 is 1.78 bits per heavy atom. The van der Waals surface area contributed by atoms with Crippen molar-refractivity contribution in [2.45, 2.75) is 0 Å². The summed E-state index contributed by atoms with van der Waals surface area (Å²) in [6, 6.07) is 8.59. The lowest BCUT2D eigenvalue weighted by Crippen LogP contribution is -2.28. The van der Waals surface area contributed by atoms with Gasteiger partial charge in [-0.1, -0.05) is 12.1 Å². The number of benzene rings is 1. The van der Waals surface area contributed by atoms with Crippen molar-refractivity contribution in [2.75, 3.05) is 5.73 Å². The molecule has 92 valence electrons. The molecule has 2 rings (SSSR count). The van der Waals surface area contributed by atoms with Crippen LogP contribution in [0, 0.1) is 0 Å². The highest BCUT2D eigenvalue weighted by atomic mass is 16.2. The van der Waals surface area contributed by atoms with Gasteiger partial charge in [0.05, 0.1) is 0 Å². The Hall–Kier alpha value is -2.56. The number of pyridine rings is 1. The average molecular weight is 243 g/mol. The van der Waals surface area contributed by atoms with E-state index in [2.05, 4.69) is 0 Å². The number of aryl methyl sites for hydroxylation is 1. The van der Waals surface area contributed by atoms with Crippen molar-refractivity contribution >= 4 is 11.6 Å². The van der Waals surface area contributed by atoms with Crippen molar-refractivity contribution in [2.24, 2.45) is 12.8 Å². The molecule has 0 radical (unpaired) electrons. The molecule has 1 heterocycles. The molecule has 0 spiro atoms. The minimum absolute atomic E-state index is 0.00947. The monoisotopic (exact) mass is 243 g/mol. The Labute approximate surface area is 104 Å². The van der Waals surface area contributed by atoms with Crippen LogP contribution in [0.2, 0.25) is 0 Å². The molecule has 1 amide bonds. The van der Waals surface area contributed by atoms with Gasteiger partial charge in [-0.2, -0.15) is 0 Å². The summed E-state index contributed by atoms with van der Waals surface area (Å²) in [6.45, 7) is 0. The van der Waals surface area contributed by atoms with Gasteiger partial charge < -0.3 is 16.0 Å². The van der Waals surface area contributed by atoms with Gasteiger partial charge in [0.2, 0.25) is 0 Å². The van der Waals surface area contributed by atoms with Gasteiger partial charge in [0.15, 0.2) is 0 Å². The van der Waals surface area contributed by atoms with E-state index in [1.165, 1.54) is 4.57 Å². The number of carbonyl (C=O) groups is 1. The van der Waals surface area contributed by atoms with Crippen molar-refractivity contribution in [1.29, 1.82) is 0 Å². The molecule has 0 unspecified atom stereocenters. The van der Waals surface area contributed by atoms with Gasteiger partial charge in [-0.05, 0) is 23.8 Å². The number of primary amides is 1. The molecular weight excluding hydrogens is 230 g/mol. The van der Waals surface area contributed by atoms with E-state index in [0.29, 0.717) is 11.3 Å². The third-order valence-corrected chi connectivity index (χ3v) is 2.74. The van der Waals surface area contributed by atoms with E-state index >= 15 is 0 Å². The van der Waals surface area contributed by atoms with Crippen LogP contribution in [0.3, 0.4) is 0 Å². The molecule has 0 aliphatic carbocycles. The first kappa shape index (κ1) is 11.9. The van der Waals surface area contributed by atoms with Crippen LogP contribution in [-0.2, 0) is 7.05 Å². The lowest BCUT2D eigenvalue weighted by atomic mass is 10.0. The number of aromatic nitrogens is 1. The molecule has 2 aromatic rings. The minimum atomic E-state index is -0.733. The molecule has 1 aromatic carbocycles. The predicted molar refractivity (Wildman–Crippen MR) is 70.0 cm³/mol. The molecule has 1 aromatic heterocycles. The van der Waals surface area contributed by atoms with Crippen molar-refractivity contribution in [3.05, 3.63) is 52.4 Å². The Morgan fingerprint density at radius 3 is 2.33 bits per heavy atom. The fraction of sp³-hybridized carbons (Fsp3) is 0.0769. The first-order valence-electron chi connectivity index (χ1n) is 5.36. The Kier molecular flexibility index (Phi) is 2.89. The normalized spacial score (nSPS) is 10.3. The van der Waals surface area contributed by atoms with Crippen LogP contribution in [0.15, 0.2) is 41.3 Å². The number of rotatable bonds is 2. The summed E-state index contributed by atoms with van der Waals surface area (Å²) in [4.78, 5) is 23.3. The number of carbonyl (C=O) groups excluding carboxylic acids is 1. The first-order chi connectivity index (χ1) is 8.50. The van der Waals surface area contributed by atoms with E-state index in [4.69, 9.17) is 11.5 Å². The summed E-state index contributed by atoms with van der Waals surface area (Å²) in [5.41, 5.74) is 12.3. The molecule has 0 aliphatic heterocycles. The highest BCUT2D eigenvalue weighted by Crippen LogP contribution is 2.22. The van der Waals surface area contributed by atoms with Crippen LogP contribution in [-0.4, -0.2) is 10.5 Å². The molecule has 0 bridgehead atoms. The maximum atomic E-state index is 11.9. The standard InChI is InChI=1S/C13H13N3O2/c1-16-7-6-10(11(12(15)17)13(16)18)8-2-4-9(14)5-3-8/h2-7H,14H2,1H3,(H2,15,17). The van der Waals surface area contributed by atoms with Gasteiger partial charge in [0.25, 0.3) is 11.5 Å². The Morgan fingerprint density at radius 1 is 1.17 bits per heavy atom. The second kappa shape index (κ2) is 4.37. The SMILES string of the molecule is Cn1ccc(-c2ccc(N)cc2)c(C(N)=O)c1=O. The molecule has 0 aliphatic rings. The fourth-order valence-corrected chi connectivity index (χ4v) is 1.77. The van der Waals surface area contributed by atoms with Crippen molar-refractivity contribution < 1.29 is 4.79 Å². The van der Waals surface area contributed by atoms with Crippen LogP contribution in [0.1, 0.15) is 10.4 Å². The zero-order valence-corrected chi connectivity index (χ0v) is 9.88. The van der Waals surface area contributed by atoms with E-state index in [1.54, 1.807) is 43.6 Å². The molecule has 18 heavy (non-hydrogen) atoms. The number of amides is 1. The zero-order chi connectivity index (χ0) is 13.3. The van der Waals surface area contributed by atoms with Crippen molar-refractivity contribution in [3.8, 4) is 11.1 Å². The summed E-state index contributed by atoms with van der Waals surface area (Å²) in [5.74, 6) is -0.733. The van der Waals surface area contributed by atoms with Crippen LogP contribution in [0.4, 0.5) is 5.69 Å². The van der Waals surface area contributed by atoms with Crippen LogP contribution in [0.5, 0.6) is 0 Å². The molecule has 5 nitrogen and oxygen atoms in total. The molecule has 0 saturated heterocycles. The molecule has 0 atom stereocenters. The largest absolute Gasteiger partial charge is 0.399 e. The first-order valence-corrected chi connectivity index (χ1v) is 5.36. The van der Waals surface area contributed by atoms with Crippen LogP contribution < -0.4 is 17.0 Å². The van der Waals surface area contributed by atoms with Crippen LogP contribution in [0.25, 0.3) is 11.1 Å². The number of nitrogens with zero attached hydrogens (tertiary/aromatic N) is 1. The molecule has 5 heteroatoms. The topological polar surface area (TPSA) is 91.1 Å². The number of nitrogens with two attached hydrogens (primary N) is 2. The van der Waals surface area contributed by atoms with Crippen molar-refractivity contribution in [3.63, 3.8) is 0 Å². The molecular formula is C13H13N3O2.